The molecule has 3 heterocycles. The third-order valence-corrected chi connectivity index (χ3v) is 13.1. The van der Waals surface area contributed by atoms with E-state index in [4.69, 9.17) is 42.8 Å². The van der Waals surface area contributed by atoms with E-state index < -0.39 is 11.4 Å². The van der Waals surface area contributed by atoms with Gasteiger partial charge in [-0.05, 0) is 73.7 Å². The van der Waals surface area contributed by atoms with Gasteiger partial charge in [0.15, 0.2) is 0 Å². The first-order chi connectivity index (χ1) is 27.5. The fraction of sp³-hybridized carbons (Fsp3) is 0.364. The third-order valence-electron chi connectivity index (χ3n) is 12.4. The maximum Gasteiger partial charge on any atom is 0.310 e. The summed E-state index contributed by atoms with van der Waals surface area (Å²) in [6.07, 6.45) is 10.7. The molecule has 2 saturated carbocycles. The summed E-state index contributed by atoms with van der Waals surface area (Å²) in [5.41, 5.74) is 6.09. The number of amides is 1. The zero-order chi connectivity index (χ0) is 39.9. The minimum Gasteiger partial charge on any atom is -0.496 e. The molecule has 0 spiro atoms. The van der Waals surface area contributed by atoms with Crippen LogP contribution in [-0.4, -0.2) is 70.5 Å². The first-order valence-electron chi connectivity index (χ1n) is 19.3. The first kappa shape index (κ1) is 38.8. The van der Waals surface area contributed by atoms with Gasteiger partial charge in [-0.1, -0.05) is 65.7 Å². The van der Waals surface area contributed by atoms with E-state index in [9.17, 15) is 14.7 Å². The minimum atomic E-state index is -0.675. The van der Waals surface area contributed by atoms with E-state index in [0.717, 1.165) is 76.4 Å². The Hall–Kier alpha value is -5.10. The number of carbonyl (C=O) groups is 2. The highest BCUT2D eigenvalue weighted by Gasteiger charge is 2.68. The smallest absolute Gasteiger partial charge is 0.310 e. The van der Waals surface area contributed by atoms with Crippen LogP contribution < -0.4 is 20.1 Å². The lowest BCUT2D eigenvalue weighted by Gasteiger charge is -2.64. The summed E-state index contributed by atoms with van der Waals surface area (Å²) in [6, 6.07) is 20.0. The van der Waals surface area contributed by atoms with Gasteiger partial charge in [0, 0.05) is 77.2 Å². The number of aromatic nitrogens is 3. The first-order valence-corrected chi connectivity index (χ1v) is 20.1. The number of fused-ring (bicyclic) bond motifs is 2. The summed E-state index contributed by atoms with van der Waals surface area (Å²) in [7, 11) is 5.24. The molecular weight excluding hydrogens is 763 g/mol. The standard InChI is InChI=1S/C44H46Cl2N6O5/c1-51(19-18-43-14-16-44(43,17-15-43)42(54)55)25-29-20-35(45)28(21-38(29)56-2)26-52-37-9-5-6-31(34(37)24-48-52)32-7-4-8-33(40(32)46)36-12-10-27(41(50-36)57-3)22-47-23-30-11-13-39(53)49-30/h4-10,12,18-21,24,30,47H,11,13-17,22-23,25-26H2,1-3H3,(H,49,53)(H,54,55)/b19-18-/t30-,43?,44?/m0/s1. The summed E-state index contributed by atoms with van der Waals surface area (Å²) >= 11 is 14.1. The molecule has 3 aromatic carbocycles. The number of allylic oxidation sites excluding steroid dienone is 1. The molecule has 0 bridgehead atoms. The predicted octanol–water partition coefficient (Wildman–Crippen LogP) is 8.10. The fourth-order valence-electron chi connectivity index (χ4n) is 8.87. The van der Waals surface area contributed by atoms with Gasteiger partial charge in [-0.25, -0.2) is 4.98 Å². The predicted molar refractivity (Wildman–Crippen MR) is 222 cm³/mol. The van der Waals surface area contributed by atoms with E-state index in [-0.39, 0.29) is 17.4 Å². The lowest BCUT2D eigenvalue weighted by Crippen LogP contribution is -2.62. The van der Waals surface area contributed by atoms with Crippen LogP contribution in [0.4, 0.5) is 0 Å². The number of benzene rings is 3. The summed E-state index contributed by atoms with van der Waals surface area (Å²) < 4.78 is 13.5. The Balaban J connectivity index is 0.993. The van der Waals surface area contributed by atoms with Crippen LogP contribution in [0.15, 0.2) is 79.1 Å². The van der Waals surface area contributed by atoms with Crippen LogP contribution in [0.1, 0.15) is 55.2 Å². The van der Waals surface area contributed by atoms with Crippen LogP contribution in [0.5, 0.6) is 11.6 Å². The monoisotopic (exact) mass is 808 g/mol. The molecule has 3 N–H and O–H groups in total. The molecule has 3 fully saturated rings. The number of nitrogens with zero attached hydrogens (tertiary/aromatic N) is 4. The molecule has 13 heteroatoms. The Morgan fingerprint density at radius 3 is 2.49 bits per heavy atom. The molecule has 0 unspecified atom stereocenters. The van der Waals surface area contributed by atoms with Crippen molar-refractivity contribution in [3.63, 3.8) is 0 Å². The van der Waals surface area contributed by atoms with Crippen molar-refractivity contribution >= 4 is 46.0 Å². The number of aliphatic carboxylic acids is 1. The largest absolute Gasteiger partial charge is 0.496 e. The number of carboxylic acid groups (broad SMARTS) is 1. The number of methoxy groups -OCH3 is 2. The van der Waals surface area contributed by atoms with Crippen molar-refractivity contribution in [2.75, 3.05) is 27.8 Å². The summed E-state index contributed by atoms with van der Waals surface area (Å²) in [6.45, 7) is 2.21. The van der Waals surface area contributed by atoms with Gasteiger partial charge in [0.25, 0.3) is 0 Å². The SMILES string of the molecule is COc1cc(Cn2ncc3c(-c4cccc(-c5ccc(CNC[C@@H]6CCC(=O)N6)c(OC)n5)c4Cl)cccc32)c(Cl)cc1CN(C)/C=C\C12CCC1(C(=O)O)CC2. The van der Waals surface area contributed by atoms with Crippen molar-refractivity contribution in [1.29, 1.82) is 0 Å². The van der Waals surface area contributed by atoms with Gasteiger partial charge in [0.2, 0.25) is 11.8 Å². The normalized spacial score (nSPS) is 21.2. The van der Waals surface area contributed by atoms with Crippen LogP contribution in [0.3, 0.4) is 0 Å². The highest BCUT2D eigenvalue weighted by molar-refractivity contribution is 6.36. The van der Waals surface area contributed by atoms with Crippen molar-refractivity contribution < 1.29 is 24.2 Å². The fourth-order valence-corrected chi connectivity index (χ4v) is 9.44. The number of halogens is 2. The zero-order valence-electron chi connectivity index (χ0n) is 32.3. The lowest BCUT2D eigenvalue weighted by atomic mass is 9.38. The van der Waals surface area contributed by atoms with Gasteiger partial charge in [-0.3, -0.25) is 14.3 Å². The highest BCUT2D eigenvalue weighted by Crippen LogP contribution is 2.71. The summed E-state index contributed by atoms with van der Waals surface area (Å²) in [5.74, 6) is 0.653. The second-order valence-electron chi connectivity index (χ2n) is 15.5. The molecular formula is C44H46Cl2N6O5. The Bertz CT molecular complexity index is 2390. The van der Waals surface area contributed by atoms with Crippen molar-refractivity contribution in [1.82, 2.24) is 30.3 Å². The summed E-state index contributed by atoms with van der Waals surface area (Å²) in [5, 5.41) is 23.1. The van der Waals surface area contributed by atoms with Crippen LogP contribution >= 0.6 is 23.2 Å². The van der Waals surface area contributed by atoms with Crippen molar-refractivity contribution in [3.05, 3.63) is 106 Å². The lowest BCUT2D eigenvalue weighted by molar-refractivity contribution is -0.194. The molecule has 1 aliphatic heterocycles. The molecule has 3 aliphatic rings. The van der Waals surface area contributed by atoms with Gasteiger partial charge < -0.3 is 30.1 Å². The quantitative estimate of drug-likeness (QED) is 0.0961. The third kappa shape index (κ3) is 7.10. The molecule has 1 amide bonds. The van der Waals surface area contributed by atoms with Gasteiger partial charge >= 0.3 is 5.97 Å². The van der Waals surface area contributed by atoms with Crippen LogP contribution in [0.25, 0.3) is 33.3 Å². The number of ether oxygens (including phenoxy) is 2. The molecule has 1 atom stereocenters. The molecule has 8 rings (SSSR count). The van der Waals surface area contributed by atoms with Crippen molar-refractivity contribution in [2.24, 2.45) is 10.8 Å². The molecule has 11 nitrogen and oxygen atoms in total. The zero-order valence-corrected chi connectivity index (χ0v) is 33.8. The average Bonchev–Trinajstić information content (AvgIpc) is 3.82. The number of nitrogens with one attached hydrogen (secondary N) is 2. The van der Waals surface area contributed by atoms with E-state index >= 15 is 0 Å². The maximum atomic E-state index is 12.0. The molecule has 2 aromatic heterocycles. The Labute approximate surface area is 342 Å². The second-order valence-corrected chi connectivity index (χ2v) is 16.3. The number of pyridine rings is 1. The molecule has 1 saturated heterocycles. The van der Waals surface area contributed by atoms with Gasteiger partial charge in [0.05, 0.1) is 48.6 Å². The number of hydrogen-bond donors (Lipinski definition) is 3. The highest BCUT2D eigenvalue weighted by atomic mass is 35.5. The maximum absolute atomic E-state index is 12.0. The molecule has 57 heavy (non-hydrogen) atoms. The number of hydrogen-bond acceptors (Lipinski definition) is 8. The van der Waals surface area contributed by atoms with Crippen LogP contribution in [0.2, 0.25) is 10.0 Å². The van der Waals surface area contributed by atoms with Gasteiger partial charge in [0.1, 0.15) is 5.75 Å². The van der Waals surface area contributed by atoms with Crippen LogP contribution in [0, 0.1) is 10.8 Å². The van der Waals surface area contributed by atoms with E-state index in [1.807, 2.05) is 84.8 Å². The number of rotatable bonds is 15. The van der Waals surface area contributed by atoms with Crippen molar-refractivity contribution in [2.45, 2.75) is 64.2 Å². The number of carbonyl (C=O) groups excluding carboxylic acids is 1. The van der Waals surface area contributed by atoms with E-state index in [0.29, 0.717) is 60.0 Å². The topological polar surface area (TPSA) is 131 Å². The van der Waals surface area contributed by atoms with Crippen LogP contribution in [-0.2, 0) is 29.2 Å². The van der Waals surface area contributed by atoms with E-state index in [2.05, 4.69) is 21.6 Å². The van der Waals surface area contributed by atoms with E-state index in [1.54, 1.807) is 14.2 Å². The summed E-state index contributed by atoms with van der Waals surface area (Å²) in [4.78, 5) is 30.4. The Kier molecular flexibility index (Phi) is 10.7. The Morgan fingerprint density at radius 1 is 1.02 bits per heavy atom. The molecule has 5 aromatic rings. The minimum absolute atomic E-state index is 0.0991. The van der Waals surface area contributed by atoms with Gasteiger partial charge in [-0.15, -0.1) is 0 Å². The number of carboxylic acids is 1. The molecule has 2 aliphatic carbocycles. The van der Waals surface area contributed by atoms with E-state index in [1.165, 1.54) is 0 Å². The average molecular weight is 810 g/mol. The molecule has 296 valence electrons. The Morgan fingerprint density at radius 2 is 1.79 bits per heavy atom. The second kappa shape index (κ2) is 15.7. The molecule has 0 radical (unpaired) electrons. The van der Waals surface area contributed by atoms with Gasteiger partial charge in [-0.2, -0.15) is 5.10 Å². The van der Waals surface area contributed by atoms with Crippen molar-refractivity contribution in [3.8, 4) is 34.0 Å².